The lowest BCUT2D eigenvalue weighted by atomic mass is 9.61. The van der Waals surface area contributed by atoms with Gasteiger partial charge in [-0.3, -0.25) is 0 Å². The van der Waals surface area contributed by atoms with Gasteiger partial charge < -0.3 is 9.64 Å². The molecule has 0 aromatic rings. The zero-order chi connectivity index (χ0) is 14.3. The molecule has 1 heterocycles. The number of likely N-dealkylation sites (tertiary alicyclic amines) is 1. The highest BCUT2D eigenvalue weighted by Gasteiger charge is 2.57. The molecule has 19 heavy (non-hydrogen) atoms. The molecule has 2 fully saturated rings. The largest absolute Gasteiger partial charge is 0.449 e. The van der Waals surface area contributed by atoms with E-state index in [1.807, 2.05) is 4.90 Å². The number of rotatable bonds is 3. The van der Waals surface area contributed by atoms with Crippen molar-refractivity contribution in [3.05, 3.63) is 0 Å². The SMILES string of the molecule is CCCCOC(=O)N1CC2(C)CC(C)(C)CC1(C)C2. The van der Waals surface area contributed by atoms with Crippen molar-refractivity contribution in [2.75, 3.05) is 13.2 Å². The fraction of sp³-hybridized carbons (Fsp3) is 0.938. The zero-order valence-electron chi connectivity index (χ0n) is 13.2. The Labute approximate surface area is 117 Å². The van der Waals surface area contributed by atoms with Crippen LogP contribution < -0.4 is 0 Å². The Kier molecular flexibility index (Phi) is 3.61. The number of carbonyl (C=O) groups excluding carboxylic acids is 1. The number of unbranched alkanes of at least 4 members (excludes halogenated alkanes) is 1. The fourth-order valence-corrected chi connectivity index (χ4v) is 4.84. The van der Waals surface area contributed by atoms with E-state index in [0.29, 0.717) is 12.0 Å². The van der Waals surface area contributed by atoms with E-state index in [1.54, 1.807) is 0 Å². The van der Waals surface area contributed by atoms with Gasteiger partial charge in [0.25, 0.3) is 0 Å². The summed E-state index contributed by atoms with van der Waals surface area (Å²) in [4.78, 5) is 14.3. The smallest absolute Gasteiger partial charge is 0.410 e. The van der Waals surface area contributed by atoms with E-state index in [2.05, 4.69) is 34.6 Å². The maximum atomic E-state index is 12.3. The number of hydrogen-bond donors (Lipinski definition) is 0. The highest BCUT2D eigenvalue weighted by Crippen LogP contribution is 2.57. The summed E-state index contributed by atoms with van der Waals surface area (Å²) < 4.78 is 5.44. The first-order chi connectivity index (χ1) is 8.70. The highest BCUT2D eigenvalue weighted by atomic mass is 16.6. The predicted octanol–water partition coefficient (Wildman–Crippen LogP) is 4.21. The van der Waals surface area contributed by atoms with Gasteiger partial charge >= 0.3 is 6.09 Å². The Morgan fingerprint density at radius 2 is 1.84 bits per heavy atom. The Morgan fingerprint density at radius 1 is 1.16 bits per heavy atom. The first-order valence-corrected chi connectivity index (χ1v) is 7.64. The van der Waals surface area contributed by atoms with Crippen LogP contribution in [0, 0.1) is 10.8 Å². The van der Waals surface area contributed by atoms with Crippen LogP contribution >= 0.6 is 0 Å². The predicted molar refractivity (Wildman–Crippen MR) is 77.1 cm³/mol. The van der Waals surface area contributed by atoms with Crippen molar-refractivity contribution in [2.45, 2.75) is 72.3 Å². The van der Waals surface area contributed by atoms with Gasteiger partial charge in [0, 0.05) is 12.1 Å². The lowest BCUT2D eigenvalue weighted by Crippen LogP contribution is -2.48. The molecule has 0 N–H and O–H groups in total. The number of ether oxygens (including phenoxy) is 1. The minimum absolute atomic E-state index is 0.0141. The molecule has 1 aliphatic heterocycles. The molecule has 2 atom stereocenters. The third-order valence-electron chi connectivity index (χ3n) is 4.71. The number of carbonyl (C=O) groups is 1. The Balaban J connectivity index is 2.09. The number of hydrogen-bond acceptors (Lipinski definition) is 2. The number of nitrogens with zero attached hydrogens (tertiary/aromatic N) is 1. The van der Waals surface area contributed by atoms with Crippen LogP contribution in [0.4, 0.5) is 4.79 Å². The number of amides is 1. The van der Waals surface area contributed by atoms with Crippen LogP contribution in [0.15, 0.2) is 0 Å². The van der Waals surface area contributed by atoms with Gasteiger partial charge in [0.15, 0.2) is 0 Å². The molecule has 1 saturated carbocycles. The average molecular weight is 267 g/mol. The molecule has 1 amide bonds. The van der Waals surface area contributed by atoms with Crippen LogP contribution in [-0.4, -0.2) is 29.7 Å². The number of fused-ring (bicyclic) bond motifs is 2. The summed E-state index contributed by atoms with van der Waals surface area (Å²) in [5.74, 6) is 0. The standard InChI is InChI=1S/C16H29NO2/c1-6-7-8-19-13(18)17-12-15(4)9-14(2,3)10-16(17,5)11-15/h6-12H2,1-5H3. The van der Waals surface area contributed by atoms with E-state index in [9.17, 15) is 4.79 Å². The second-order valence-corrected chi connectivity index (χ2v) is 8.06. The molecule has 3 nitrogen and oxygen atoms in total. The lowest BCUT2D eigenvalue weighted by molar-refractivity contribution is 0.0477. The molecule has 2 rings (SSSR count). The van der Waals surface area contributed by atoms with Gasteiger partial charge in [0.1, 0.15) is 0 Å². The van der Waals surface area contributed by atoms with Gasteiger partial charge in [0.2, 0.25) is 0 Å². The monoisotopic (exact) mass is 267 g/mol. The van der Waals surface area contributed by atoms with E-state index in [0.717, 1.165) is 32.2 Å². The van der Waals surface area contributed by atoms with Gasteiger partial charge in [-0.05, 0) is 43.4 Å². The van der Waals surface area contributed by atoms with Crippen LogP contribution in [0.3, 0.4) is 0 Å². The van der Waals surface area contributed by atoms with Crippen molar-refractivity contribution in [3.8, 4) is 0 Å². The van der Waals surface area contributed by atoms with Crippen molar-refractivity contribution >= 4 is 6.09 Å². The average Bonchev–Trinajstić information content (AvgIpc) is 2.42. The third kappa shape index (κ3) is 2.90. The van der Waals surface area contributed by atoms with Crippen LogP contribution in [0.1, 0.15) is 66.7 Å². The van der Waals surface area contributed by atoms with Crippen LogP contribution in [0.25, 0.3) is 0 Å². The minimum atomic E-state index is -0.0997. The summed E-state index contributed by atoms with van der Waals surface area (Å²) in [7, 11) is 0. The van der Waals surface area contributed by atoms with Crippen molar-refractivity contribution < 1.29 is 9.53 Å². The molecule has 0 radical (unpaired) electrons. The zero-order valence-corrected chi connectivity index (χ0v) is 13.2. The Bertz CT molecular complexity index is 366. The maximum Gasteiger partial charge on any atom is 0.410 e. The van der Waals surface area contributed by atoms with Crippen molar-refractivity contribution in [2.24, 2.45) is 10.8 Å². The fourth-order valence-electron chi connectivity index (χ4n) is 4.84. The summed E-state index contributed by atoms with van der Waals surface area (Å²) in [5.41, 5.74) is 0.570. The summed E-state index contributed by atoms with van der Waals surface area (Å²) in [6.45, 7) is 12.7. The van der Waals surface area contributed by atoms with Crippen molar-refractivity contribution in [1.29, 1.82) is 0 Å². The van der Waals surface area contributed by atoms with Gasteiger partial charge in [-0.15, -0.1) is 0 Å². The van der Waals surface area contributed by atoms with E-state index in [1.165, 1.54) is 6.42 Å². The first-order valence-electron chi connectivity index (χ1n) is 7.64. The molecule has 0 spiro atoms. The molecule has 3 heteroatoms. The van der Waals surface area contributed by atoms with Gasteiger partial charge in [0.05, 0.1) is 6.61 Å². The quantitative estimate of drug-likeness (QED) is 0.717. The molecule has 0 aromatic heterocycles. The Morgan fingerprint density at radius 3 is 2.47 bits per heavy atom. The van der Waals surface area contributed by atoms with Crippen LogP contribution in [-0.2, 0) is 4.74 Å². The van der Waals surface area contributed by atoms with E-state index < -0.39 is 0 Å². The van der Waals surface area contributed by atoms with Crippen LogP contribution in [0.2, 0.25) is 0 Å². The van der Waals surface area contributed by atoms with Crippen molar-refractivity contribution in [3.63, 3.8) is 0 Å². The highest BCUT2D eigenvalue weighted by molar-refractivity contribution is 5.69. The van der Waals surface area contributed by atoms with Crippen molar-refractivity contribution in [1.82, 2.24) is 4.90 Å². The summed E-state index contributed by atoms with van der Waals surface area (Å²) in [6.07, 6.45) is 5.32. The molecule has 2 unspecified atom stereocenters. The molecule has 1 aliphatic carbocycles. The third-order valence-corrected chi connectivity index (χ3v) is 4.71. The second-order valence-electron chi connectivity index (χ2n) is 8.06. The molecule has 110 valence electrons. The van der Waals surface area contributed by atoms with E-state index in [-0.39, 0.29) is 17.0 Å². The molecule has 1 saturated heterocycles. The van der Waals surface area contributed by atoms with Gasteiger partial charge in [-0.25, -0.2) is 4.79 Å². The van der Waals surface area contributed by atoms with E-state index in [4.69, 9.17) is 4.74 Å². The summed E-state index contributed by atoms with van der Waals surface area (Å²) in [5, 5.41) is 0. The summed E-state index contributed by atoms with van der Waals surface area (Å²) >= 11 is 0. The molecular weight excluding hydrogens is 238 g/mol. The topological polar surface area (TPSA) is 29.5 Å². The van der Waals surface area contributed by atoms with Gasteiger partial charge in [-0.2, -0.15) is 0 Å². The molecule has 2 bridgehead atoms. The van der Waals surface area contributed by atoms with E-state index >= 15 is 0 Å². The maximum absolute atomic E-state index is 12.3. The summed E-state index contributed by atoms with van der Waals surface area (Å²) in [6, 6.07) is 0. The Hall–Kier alpha value is -0.730. The first kappa shape index (κ1) is 14.7. The van der Waals surface area contributed by atoms with Crippen LogP contribution in [0.5, 0.6) is 0 Å². The molecular formula is C16H29NO2. The second kappa shape index (κ2) is 4.68. The molecule has 2 aliphatic rings. The molecule has 0 aromatic carbocycles. The lowest BCUT2D eigenvalue weighted by Gasteiger charge is -2.45. The minimum Gasteiger partial charge on any atom is -0.449 e. The van der Waals surface area contributed by atoms with Gasteiger partial charge in [-0.1, -0.05) is 34.1 Å². The normalized spacial score (nSPS) is 36.4.